The van der Waals surface area contributed by atoms with Crippen molar-refractivity contribution in [1.29, 1.82) is 0 Å². The molecule has 13 aromatic carbocycles. The Hall–Kier alpha value is -10.3. The lowest BCUT2D eigenvalue weighted by Crippen LogP contribution is -2.28. The van der Waals surface area contributed by atoms with Crippen molar-refractivity contribution in [3.63, 3.8) is 0 Å². The maximum Gasteiger partial charge on any atom is 0.0713 e. The Morgan fingerprint density at radius 3 is 0.903 bits per heavy atom. The van der Waals surface area contributed by atoms with E-state index in [0.717, 1.165) is 36.3 Å². The number of benzene rings is 13. The Balaban J connectivity index is 0.776. The van der Waals surface area contributed by atoms with Gasteiger partial charge in [0.25, 0.3) is 0 Å². The SMILES string of the molecule is CCCCc1ccc(-c2ccc(N(c3ccc(-c4ccc(C5(c6ccc(-c7ccc(CCCC)cc7)cc6)c6ccccc6-c6ccccc65)cc4)cc3)c3ccc(-c4cccc(C5(c6ccc(CC(C)C)cc6)c6ccccc6-c6ccccc65)c4)cc3)cc2)cc1. The number of nitrogens with zero attached hydrogens (tertiary/aromatic N) is 1. The molecule has 0 radical (unpaired) electrons. The van der Waals surface area contributed by atoms with Crippen LogP contribution < -0.4 is 4.90 Å². The van der Waals surface area contributed by atoms with Crippen LogP contribution in [0.3, 0.4) is 0 Å². The molecule has 0 saturated carbocycles. The van der Waals surface area contributed by atoms with Gasteiger partial charge >= 0.3 is 0 Å². The summed E-state index contributed by atoms with van der Waals surface area (Å²) in [6.07, 6.45) is 8.13. The van der Waals surface area contributed by atoms with Gasteiger partial charge in [-0.05, 0) is 208 Å². The number of hydrogen-bond donors (Lipinski definition) is 0. The first-order valence-corrected chi connectivity index (χ1v) is 33.9. The van der Waals surface area contributed by atoms with Gasteiger partial charge in [-0.2, -0.15) is 0 Å². The van der Waals surface area contributed by atoms with Gasteiger partial charge in [0, 0.05) is 17.1 Å². The van der Waals surface area contributed by atoms with E-state index in [0.29, 0.717) is 5.92 Å². The lowest BCUT2D eigenvalue weighted by molar-refractivity contribution is 0.646. The number of unbranched alkanes of at least 4 members (excludes halogenated alkanes) is 2. The molecule has 452 valence electrons. The summed E-state index contributed by atoms with van der Waals surface area (Å²) in [5.74, 6) is 0.586. The Bertz CT molecular complexity index is 4650. The Kier molecular flexibility index (Phi) is 16.1. The fraction of sp³-hybridized carbons (Fsp3) is 0.152. The third-order valence-corrected chi connectivity index (χ3v) is 20.1. The molecule has 13 aromatic rings. The van der Waals surface area contributed by atoms with Gasteiger partial charge in [-0.1, -0.05) is 314 Å². The summed E-state index contributed by atoms with van der Waals surface area (Å²) in [6.45, 7) is 9.13. The summed E-state index contributed by atoms with van der Waals surface area (Å²) in [4.78, 5) is 2.40. The number of fused-ring (bicyclic) bond motifs is 6. The summed E-state index contributed by atoms with van der Waals surface area (Å²) in [7, 11) is 0. The molecule has 0 heterocycles. The summed E-state index contributed by atoms with van der Waals surface area (Å²) >= 11 is 0. The first kappa shape index (κ1) is 59.0. The smallest absolute Gasteiger partial charge is 0.0713 e. The number of anilines is 3. The van der Waals surface area contributed by atoms with E-state index in [1.807, 2.05) is 0 Å². The van der Waals surface area contributed by atoms with Gasteiger partial charge in [-0.3, -0.25) is 0 Å². The lowest BCUT2D eigenvalue weighted by atomic mass is 9.67. The van der Waals surface area contributed by atoms with E-state index in [1.54, 1.807) is 0 Å². The van der Waals surface area contributed by atoms with Crippen LogP contribution in [0.25, 0.3) is 66.8 Å². The summed E-state index contributed by atoms with van der Waals surface area (Å²) in [6, 6.07) is 120. The van der Waals surface area contributed by atoms with Crippen LogP contribution in [0.5, 0.6) is 0 Å². The van der Waals surface area contributed by atoms with E-state index < -0.39 is 10.8 Å². The van der Waals surface area contributed by atoms with Crippen molar-refractivity contribution in [2.75, 3.05) is 4.90 Å². The quantitative estimate of drug-likeness (QED) is 0.0780. The highest BCUT2D eigenvalue weighted by molar-refractivity contribution is 5.89. The van der Waals surface area contributed by atoms with E-state index in [2.05, 4.69) is 348 Å². The number of rotatable bonds is 19. The average Bonchev–Trinajstić information content (AvgIpc) is 1.58. The van der Waals surface area contributed by atoms with Crippen LogP contribution in [-0.4, -0.2) is 0 Å². The molecule has 0 fully saturated rings. The zero-order valence-electron chi connectivity index (χ0n) is 54.0. The molecule has 0 unspecified atom stereocenters. The molecule has 0 spiro atoms. The predicted octanol–water partition coefficient (Wildman–Crippen LogP) is 24.4. The second-order valence-electron chi connectivity index (χ2n) is 26.3. The molecule has 93 heavy (non-hydrogen) atoms. The van der Waals surface area contributed by atoms with Crippen molar-refractivity contribution >= 4 is 17.1 Å². The zero-order chi connectivity index (χ0) is 62.9. The fourth-order valence-electron chi connectivity index (χ4n) is 15.5. The van der Waals surface area contributed by atoms with Gasteiger partial charge in [0.05, 0.1) is 10.8 Å². The number of aryl methyl sites for hydroxylation is 2. The summed E-state index contributed by atoms with van der Waals surface area (Å²) < 4.78 is 0. The molecular weight excluding hydrogens is 1120 g/mol. The van der Waals surface area contributed by atoms with Crippen LogP contribution in [0.4, 0.5) is 17.1 Å². The molecule has 0 amide bonds. The van der Waals surface area contributed by atoms with Crippen molar-refractivity contribution in [3.8, 4) is 66.8 Å². The molecule has 2 aliphatic carbocycles. The minimum atomic E-state index is -0.499. The van der Waals surface area contributed by atoms with Crippen LogP contribution in [-0.2, 0) is 30.1 Å². The second kappa shape index (κ2) is 25.4. The highest BCUT2D eigenvalue weighted by atomic mass is 15.1. The van der Waals surface area contributed by atoms with Crippen molar-refractivity contribution in [2.45, 2.75) is 83.5 Å². The highest BCUT2D eigenvalue weighted by Crippen LogP contribution is 2.58. The molecule has 15 rings (SSSR count). The Morgan fingerprint density at radius 2 is 0.559 bits per heavy atom. The minimum Gasteiger partial charge on any atom is -0.311 e. The molecular formula is C92H79N. The largest absolute Gasteiger partial charge is 0.311 e. The second-order valence-corrected chi connectivity index (χ2v) is 26.3. The molecule has 0 aliphatic heterocycles. The van der Waals surface area contributed by atoms with Crippen LogP contribution in [0.1, 0.15) is 115 Å². The minimum absolute atomic E-state index is 0.487. The molecule has 0 N–H and O–H groups in total. The molecule has 0 atom stereocenters. The van der Waals surface area contributed by atoms with Crippen LogP contribution in [0, 0.1) is 5.92 Å². The van der Waals surface area contributed by atoms with Gasteiger partial charge < -0.3 is 4.90 Å². The third-order valence-electron chi connectivity index (χ3n) is 20.1. The lowest BCUT2D eigenvalue weighted by Gasteiger charge is -2.34. The van der Waals surface area contributed by atoms with Gasteiger partial charge in [-0.25, -0.2) is 0 Å². The van der Waals surface area contributed by atoms with Crippen LogP contribution in [0.2, 0.25) is 0 Å². The van der Waals surface area contributed by atoms with E-state index in [9.17, 15) is 0 Å². The molecule has 2 aliphatic rings. The monoisotopic (exact) mass is 1200 g/mol. The summed E-state index contributed by atoms with van der Waals surface area (Å²) in [5, 5.41) is 0. The Morgan fingerprint density at radius 1 is 0.269 bits per heavy atom. The average molecular weight is 1200 g/mol. The van der Waals surface area contributed by atoms with E-state index in [4.69, 9.17) is 0 Å². The standard InChI is InChI=1S/C92H79N/c1-5-7-18-65-30-36-68(37-31-65)70-40-52-77(53-41-70)91(87-26-13-9-22-83(87)84-23-10-14-27-88(84)91)78-54-42-71(43-55-78)73-46-58-81(59-47-73)93(80-56-44-72(45-57-80)69-38-32-66(33-39-69)19-8-6-2)82-60-48-74(49-61-82)75-20-17-21-79(63-75)92(76-50-34-67(35-51-76)62-64(3)4)89-28-15-11-24-85(89)86-25-12-16-29-90(86)92/h9-17,20-61,63-64H,5-8,18-19,62H2,1-4H3. The van der Waals surface area contributed by atoms with E-state index >= 15 is 0 Å². The molecule has 0 bridgehead atoms. The maximum absolute atomic E-state index is 2.45. The van der Waals surface area contributed by atoms with Crippen molar-refractivity contribution < 1.29 is 0 Å². The normalized spacial score (nSPS) is 13.1. The van der Waals surface area contributed by atoms with Gasteiger partial charge in [0.2, 0.25) is 0 Å². The summed E-state index contributed by atoms with van der Waals surface area (Å²) in [5.41, 5.74) is 31.7. The molecule has 0 aromatic heterocycles. The van der Waals surface area contributed by atoms with Crippen LogP contribution in [0.15, 0.2) is 315 Å². The van der Waals surface area contributed by atoms with Crippen molar-refractivity contribution in [3.05, 3.63) is 377 Å². The van der Waals surface area contributed by atoms with Gasteiger partial charge in [0.1, 0.15) is 0 Å². The zero-order valence-corrected chi connectivity index (χ0v) is 54.0. The van der Waals surface area contributed by atoms with E-state index in [-0.39, 0.29) is 0 Å². The predicted molar refractivity (Wildman–Crippen MR) is 393 cm³/mol. The Labute approximate surface area is 551 Å². The number of hydrogen-bond acceptors (Lipinski definition) is 1. The van der Waals surface area contributed by atoms with Crippen LogP contribution >= 0.6 is 0 Å². The first-order chi connectivity index (χ1) is 45.8. The van der Waals surface area contributed by atoms with Crippen molar-refractivity contribution in [1.82, 2.24) is 0 Å². The van der Waals surface area contributed by atoms with E-state index in [1.165, 1.54) is 154 Å². The first-order valence-electron chi connectivity index (χ1n) is 33.9. The molecule has 0 saturated heterocycles. The maximum atomic E-state index is 2.45. The third kappa shape index (κ3) is 10.7. The molecule has 1 heteroatoms. The fourth-order valence-corrected chi connectivity index (χ4v) is 15.5. The molecule has 1 nitrogen and oxygen atoms in total. The van der Waals surface area contributed by atoms with Gasteiger partial charge in [0.15, 0.2) is 0 Å². The topological polar surface area (TPSA) is 3.24 Å². The van der Waals surface area contributed by atoms with Crippen molar-refractivity contribution in [2.24, 2.45) is 5.92 Å². The van der Waals surface area contributed by atoms with Gasteiger partial charge in [-0.15, -0.1) is 0 Å². The highest BCUT2D eigenvalue weighted by Gasteiger charge is 2.47.